The van der Waals surface area contributed by atoms with Gasteiger partial charge in [-0.3, -0.25) is 4.79 Å². The van der Waals surface area contributed by atoms with Crippen LogP contribution in [0.4, 0.5) is 10.8 Å². The third-order valence-electron chi connectivity index (χ3n) is 4.56. The molecule has 0 aliphatic rings. The number of thiazole rings is 1. The van der Waals surface area contributed by atoms with Gasteiger partial charge in [0.25, 0.3) is 0 Å². The van der Waals surface area contributed by atoms with Gasteiger partial charge in [-0.15, -0.1) is 21.5 Å². The molecule has 32 heavy (non-hydrogen) atoms. The Hall–Kier alpha value is -2.88. The lowest BCUT2D eigenvalue weighted by atomic mass is 10.2. The number of thioether (sulfide) groups is 1. The minimum Gasteiger partial charge on any atom is -0.354 e. The van der Waals surface area contributed by atoms with E-state index in [1.54, 1.807) is 23.5 Å². The van der Waals surface area contributed by atoms with E-state index in [1.165, 1.54) is 11.8 Å². The van der Waals surface area contributed by atoms with E-state index in [9.17, 15) is 4.79 Å². The highest BCUT2D eigenvalue weighted by molar-refractivity contribution is 7.99. The summed E-state index contributed by atoms with van der Waals surface area (Å²) in [5, 5.41) is 18.8. The first-order chi connectivity index (χ1) is 15.6. The molecule has 2 aromatic carbocycles. The highest BCUT2D eigenvalue weighted by Gasteiger charge is 2.14. The van der Waals surface area contributed by atoms with Crippen LogP contribution in [0.25, 0.3) is 11.3 Å². The van der Waals surface area contributed by atoms with Gasteiger partial charge in [0.2, 0.25) is 5.91 Å². The van der Waals surface area contributed by atoms with Crippen molar-refractivity contribution in [1.29, 1.82) is 0 Å². The number of amides is 1. The minimum atomic E-state index is -0.148. The number of para-hydroxylation sites is 1. The highest BCUT2D eigenvalue weighted by atomic mass is 35.5. The number of nitrogens with one attached hydrogen (secondary N) is 2. The monoisotopic (exact) mass is 484 g/mol. The fourth-order valence-corrected chi connectivity index (χ4v) is 4.73. The maximum atomic E-state index is 12.3. The van der Waals surface area contributed by atoms with Crippen molar-refractivity contribution in [3.8, 4) is 11.3 Å². The molecule has 0 fully saturated rings. The molecule has 0 spiro atoms. The van der Waals surface area contributed by atoms with E-state index < -0.39 is 0 Å². The topological polar surface area (TPSA) is 84.7 Å². The molecule has 0 atom stereocenters. The lowest BCUT2D eigenvalue weighted by Crippen LogP contribution is -2.15. The lowest BCUT2D eigenvalue weighted by Gasteiger charge is -2.09. The summed E-state index contributed by atoms with van der Waals surface area (Å²) in [6.45, 7) is 3.22. The molecule has 0 aliphatic heterocycles. The van der Waals surface area contributed by atoms with Gasteiger partial charge < -0.3 is 15.2 Å². The zero-order chi connectivity index (χ0) is 22.3. The van der Waals surface area contributed by atoms with Crippen LogP contribution in [0.1, 0.15) is 12.7 Å². The molecule has 7 nitrogen and oxygen atoms in total. The number of hydrogen-bond donors (Lipinski definition) is 2. The lowest BCUT2D eigenvalue weighted by molar-refractivity contribution is -0.113. The van der Waals surface area contributed by atoms with Gasteiger partial charge in [-0.25, -0.2) is 4.98 Å². The van der Waals surface area contributed by atoms with Gasteiger partial charge in [0.1, 0.15) is 0 Å². The Balaban J connectivity index is 1.34. The Morgan fingerprint density at radius 1 is 1.12 bits per heavy atom. The first-order valence-corrected chi connectivity index (χ1v) is 12.2. The Morgan fingerprint density at radius 2 is 1.91 bits per heavy atom. The van der Waals surface area contributed by atoms with E-state index in [0.29, 0.717) is 29.0 Å². The van der Waals surface area contributed by atoms with Crippen molar-refractivity contribution in [3.63, 3.8) is 0 Å². The van der Waals surface area contributed by atoms with Crippen molar-refractivity contribution >= 4 is 51.4 Å². The van der Waals surface area contributed by atoms with Crippen LogP contribution in [0, 0.1) is 0 Å². The number of carbonyl (C=O) groups excluding carboxylic acids is 1. The van der Waals surface area contributed by atoms with Crippen molar-refractivity contribution in [2.75, 3.05) is 16.4 Å². The summed E-state index contributed by atoms with van der Waals surface area (Å²) in [7, 11) is 0. The van der Waals surface area contributed by atoms with Crippen LogP contribution < -0.4 is 10.6 Å². The standard InChI is InChI=1S/C22H21ClN6OS2/c1-2-29-19(12-24-21-26-18(13-31-21)15-8-4-3-5-9-15)27-28-22(29)32-14-20(30)25-17-11-7-6-10-16(17)23/h3-11,13H,2,12,14H2,1H3,(H,24,26)(H,25,30). The molecule has 164 valence electrons. The molecule has 0 aliphatic carbocycles. The Morgan fingerprint density at radius 3 is 2.69 bits per heavy atom. The fraction of sp³-hybridized carbons (Fsp3) is 0.182. The quantitative estimate of drug-likeness (QED) is 0.309. The number of hydrogen-bond acceptors (Lipinski definition) is 7. The third kappa shape index (κ3) is 5.48. The normalized spacial score (nSPS) is 10.8. The van der Waals surface area contributed by atoms with E-state index in [0.717, 1.165) is 22.2 Å². The second-order valence-corrected chi connectivity index (χ2v) is 8.93. The number of anilines is 2. The zero-order valence-corrected chi connectivity index (χ0v) is 19.7. The summed E-state index contributed by atoms with van der Waals surface area (Å²) in [5.74, 6) is 0.853. The van der Waals surface area contributed by atoms with Crippen LogP contribution >= 0.6 is 34.7 Å². The zero-order valence-electron chi connectivity index (χ0n) is 17.3. The Labute approximate surface area is 199 Å². The minimum absolute atomic E-state index is 0.148. The first-order valence-electron chi connectivity index (χ1n) is 9.98. The molecule has 10 heteroatoms. The van der Waals surface area contributed by atoms with Crippen molar-refractivity contribution in [2.24, 2.45) is 0 Å². The van der Waals surface area contributed by atoms with Crippen LogP contribution in [0.3, 0.4) is 0 Å². The molecule has 2 heterocycles. The number of halogens is 1. The number of aromatic nitrogens is 4. The molecule has 2 aromatic heterocycles. The molecule has 4 rings (SSSR count). The van der Waals surface area contributed by atoms with E-state index in [2.05, 4.69) is 25.8 Å². The predicted molar refractivity (Wildman–Crippen MR) is 131 cm³/mol. The van der Waals surface area contributed by atoms with Crippen LogP contribution in [0.5, 0.6) is 0 Å². The van der Waals surface area contributed by atoms with Gasteiger partial charge in [-0.2, -0.15) is 0 Å². The summed E-state index contributed by atoms with van der Waals surface area (Å²) >= 11 is 8.99. The molecule has 0 saturated heterocycles. The van der Waals surface area contributed by atoms with Crippen LogP contribution in [-0.4, -0.2) is 31.4 Å². The summed E-state index contributed by atoms with van der Waals surface area (Å²) in [4.78, 5) is 17.0. The smallest absolute Gasteiger partial charge is 0.234 e. The average Bonchev–Trinajstić information content (AvgIpc) is 3.45. The number of rotatable bonds is 9. The SMILES string of the molecule is CCn1c(CNc2nc(-c3ccccc3)cs2)nnc1SCC(=O)Nc1ccccc1Cl. The van der Waals surface area contributed by atoms with Crippen LogP contribution in [0.2, 0.25) is 5.02 Å². The van der Waals surface area contributed by atoms with E-state index in [-0.39, 0.29) is 11.7 Å². The van der Waals surface area contributed by atoms with Gasteiger partial charge in [0.15, 0.2) is 16.1 Å². The van der Waals surface area contributed by atoms with Crippen molar-refractivity contribution in [2.45, 2.75) is 25.2 Å². The molecule has 0 unspecified atom stereocenters. The second-order valence-electron chi connectivity index (χ2n) is 6.72. The molecule has 0 saturated carbocycles. The van der Waals surface area contributed by atoms with Crippen molar-refractivity contribution in [1.82, 2.24) is 19.7 Å². The second kappa shape index (κ2) is 10.6. The first kappa shape index (κ1) is 22.3. The summed E-state index contributed by atoms with van der Waals surface area (Å²) in [6.07, 6.45) is 0. The molecular formula is C22H21ClN6OS2. The van der Waals surface area contributed by atoms with Crippen LogP contribution in [0.15, 0.2) is 65.1 Å². The maximum absolute atomic E-state index is 12.3. The third-order valence-corrected chi connectivity index (χ3v) is 6.66. The fourth-order valence-electron chi connectivity index (χ4n) is 3.00. The Bertz CT molecular complexity index is 1190. The number of nitrogens with zero attached hydrogens (tertiary/aromatic N) is 4. The van der Waals surface area contributed by atoms with Gasteiger partial charge in [-0.05, 0) is 19.1 Å². The molecule has 2 N–H and O–H groups in total. The molecule has 4 aromatic rings. The van der Waals surface area contributed by atoms with E-state index in [1.807, 2.05) is 59.3 Å². The molecule has 0 radical (unpaired) electrons. The van der Waals surface area contributed by atoms with Gasteiger partial charge in [0, 0.05) is 17.5 Å². The predicted octanol–water partition coefficient (Wildman–Crippen LogP) is 5.42. The van der Waals surface area contributed by atoms with E-state index in [4.69, 9.17) is 11.6 Å². The molecule has 0 bridgehead atoms. The van der Waals surface area contributed by atoms with Gasteiger partial charge in [-0.1, -0.05) is 65.8 Å². The van der Waals surface area contributed by atoms with Crippen molar-refractivity contribution in [3.05, 3.63) is 70.8 Å². The number of benzene rings is 2. The maximum Gasteiger partial charge on any atom is 0.234 e. The summed E-state index contributed by atoms with van der Waals surface area (Å²) < 4.78 is 1.99. The largest absolute Gasteiger partial charge is 0.354 e. The number of carbonyl (C=O) groups is 1. The Kier molecular flexibility index (Phi) is 7.41. The van der Waals surface area contributed by atoms with E-state index >= 15 is 0 Å². The highest BCUT2D eigenvalue weighted by Crippen LogP contribution is 2.25. The summed E-state index contributed by atoms with van der Waals surface area (Å²) in [5.41, 5.74) is 2.62. The molecule has 1 amide bonds. The van der Waals surface area contributed by atoms with Gasteiger partial charge >= 0.3 is 0 Å². The molecular weight excluding hydrogens is 464 g/mol. The van der Waals surface area contributed by atoms with Crippen LogP contribution in [-0.2, 0) is 17.9 Å². The average molecular weight is 485 g/mol. The van der Waals surface area contributed by atoms with Crippen molar-refractivity contribution < 1.29 is 4.79 Å². The summed E-state index contributed by atoms with van der Waals surface area (Å²) in [6, 6.07) is 17.2. The van der Waals surface area contributed by atoms with Gasteiger partial charge in [0.05, 0.1) is 28.7 Å².